The number of methoxy groups -OCH3 is 1. The Labute approximate surface area is 189 Å². The predicted molar refractivity (Wildman–Crippen MR) is 125 cm³/mol. The van der Waals surface area contributed by atoms with Crippen LogP contribution in [0, 0.1) is 0 Å². The Hall–Kier alpha value is -3.17. The van der Waals surface area contributed by atoms with Gasteiger partial charge in [-0.25, -0.2) is 4.98 Å². The lowest BCUT2D eigenvalue weighted by Crippen LogP contribution is -2.45. The summed E-state index contributed by atoms with van der Waals surface area (Å²) in [5.74, 6) is -0.477. The molecule has 1 aliphatic heterocycles. The average Bonchev–Trinajstić information content (AvgIpc) is 2.78. The Morgan fingerprint density at radius 3 is 2.66 bits per heavy atom. The number of amides is 2. The van der Waals surface area contributed by atoms with Gasteiger partial charge in [-0.3, -0.25) is 23.9 Å². The largest absolute Gasteiger partial charge is 0.383 e. The normalized spacial score (nSPS) is 15.2. The van der Waals surface area contributed by atoms with E-state index in [1.54, 1.807) is 55.0 Å². The van der Waals surface area contributed by atoms with Gasteiger partial charge in [-0.15, -0.1) is 0 Å². The SMILES string of the molecule is COC[C@@H](C)n1c(S[C@@H](C)C(=O)N2CC(=O)Nc3ccccc32)nc2ccccc2c1=O. The minimum absolute atomic E-state index is 0.0568. The second-order valence-corrected chi connectivity index (χ2v) is 8.95. The molecule has 0 radical (unpaired) electrons. The number of nitrogens with zero attached hydrogens (tertiary/aromatic N) is 3. The van der Waals surface area contributed by atoms with Gasteiger partial charge in [0.05, 0.1) is 40.2 Å². The zero-order valence-electron chi connectivity index (χ0n) is 18.1. The Balaban J connectivity index is 1.70. The maximum absolute atomic E-state index is 13.4. The first-order valence-corrected chi connectivity index (χ1v) is 11.2. The summed E-state index contributed by atoms with van der Waals surface area (Å²) in [6.45, 7) is 3.91. The molecule has 2 heterocycles. The molecule has 2 amide bonds. The van der Waals surface area contributed by atoms with Gasteiger partial charge in [0.1, 0.15) is 6.54 Å². The first-order chi connectivity index (χ1) is 15.4. The summed E-state index contributed by atoms with van der Waals surface area (Å²) in [6.07, 6.45) is 0. The summed E-state index contributed by atoms with van der Waals surface area (Å²) < 4.78 is 6.84. The van der Waals surface area contributed by atoms with Crippen molar-refractivity contribution in [3.8, 4) is 0 Å². The highest BCUT2D eigenvalue weighted by molar-refractivity contribution is 8.00. The van der Waals surface area contributed by atoms with Crippen LogP contribution in [-0.2, 0) is 14.3 Å². The van der Waals surface area contributed by atoms with Crippen LogP contribution in [0.4, 0.5) is 11.4 Å². The highest BCUT2D eigenvalue weighted by Gasteiger charge is 2.31. The second kappa shape index (κ2) is 9.13. The van der Waals surface area contributed by atoms with Crippen molar-refractivity contribution in [1.29, 1.82) is 0 Å². The number of para-hydroxylation sites is 3. The fourth-order valence-corrected chi connectivity index (χ4v) is 4.84. The minimum atomic E-state index is -0.581. The molecule has 0 spiro atoms. The molecule has 0 saturated heterocycles. The topological polar surface area (TPSA) is 93.5 Å². The number of carbonyl (C=O) groups is 2. The molecule has 9 heteroatoms. The van der Waals surface area contributed by atoms with Crippen molar-refractivity contribution < 1.29 is 14.3 Å². The van der Waals surface area contributed by atoms with Crippen LogP contribution in [0.25, 0.3) is 10.9 Å². The predicted octanol–water partition coefficient (Wildman–Crippen LogP) is 3.07. The van der Waals surface area contributed by atoms with Gasteiger partial charge in [0, 0.05) is 7.11 Å². The van der Waals surface area contributed by atoms with Crippen molar-refractivity contribution in [1.82, 2.24) is 9.55 Å². The highest BCUT2D eigenvalue weighted by Crippen LogP contribution is 2.32. The molecule has 1 aromatic heterocycles. The van der Waals surface area contributed by atoms with Crippen LogP contribution in [0.5, 0.6) is 0 Å². The van der Waals surface area contributed by atoms with Gasteiger partial charge >= 0.3 is 0 Å². The van der Waals surface area contributed by atoms with E-state index in [-0.39, 0.29) is 30.0 Å². The third-order valence-electron chi connectivity index (χ3n) is 5.29. The van der Waals surface area contributed by atoms with Gasteiger partial charge in [-0.1, -0.05) is 36.0 Å². The summed E-state index contributed by atoms with van der Waals surface area (Å²) in [5, 5.41) is 3.16. The van der Waals surface area contributed by atoms with Gasteiger partial charge in [-0.05, 0) is 38.1 Å². The maximum Gasteiger partial charge on any atom is 0.262 e. The quantitative estimate of drug-likeness (QED) is 0.456. The van der Waals surface area contributed by atoms with E-state index in [0.717, 1.165) is 0 Å². The standard InChI is InChI=1S/C23H24N4O4S/c1-14(13-31-3)27-22(30)16-8-4-5-9-17(16)25-23(27)32-15(2)21(29)26-12-20(28)24-18-10-6-7-11-19(18)26/h4-11,14-15H,12-13H2,1-3H3,(H,24,28)/t14-,15+/m1/s1. The number of carbonyl (C=O) groups excluding carboxylic acids is 2. The summed E-state index contributed by atoms with van der Waals surface area (Å²) in [7, 11) is 1.58. The molecule has 1 N–H and O–H groups in total. The van der Waals surface area contributed by atoms with Crippen LogP contribution >= 0.6 is 11.8 Å². The third kappa shape index (κ3) is 4.13. The molecule has 8 nitrogen and oxygen atoms in total. The van der Waals surface area contributed by atoms with E-state index in [1.165, 1.54) is 16.7 Å². The molecule has 0 fully saturated rings. The number of fused-ring (bicyclic) bond motifs is 2. The Morgan fingerprint density at radius 2 is 1.88 bits per heavy atom. The van der Waals surface area contributed by atoms with Crippen LogP contribution < -0.4 is 15.8 Å². The second-order valence-electron chi connectivity index (χ2n) is 7.64. The molecule has 3 aromatic rings. The molecule has 1 aliphatic rings. The smallest absolute Gasteiger partial charge is 0.262 e. The van der Waals surface area contributed by atoms with Crippen molar-refractivity contribution in [2.75, 3.05) is 30.5 Å². The molecule has 0 aliphatic carbocycles. The number of rotatable bonds is 6. The fourth-order valence-electron chi connectivity index (χ4n) is 3.77. The van der Waals surface area contributed by atoms with Crippen LogP contribution in [0.1, 0.15) is 19.9 Å². The van der Waals surface area contributed by atoms with Crippen molar-refractivity contribution >= 4 is 45.9 Å². The first-order valence-electron chi connectivity index (χ1n) is 10.3. The molecule has 4 rings (SSSR count). The van der Waals surface area contributed by atoms with Crippen LogP contribution in [0.2, 0.25) is 0 Å². The van der Waals surface area contributed by atoms with Gasteiger partial charge in [0.25, 0.3) is 5.56 Å². The van der Waals surface area contributed by atoms with E-state index in [4.69, 9.17) is 4.74 Å². The molecule has 166 valence electrons. The summed E-state index contributed by atoms with van der Waals surface area (Å²) in [6, 6.07) is 14.1. The van der Waals surface area contributed by atoms with Crippen molar-refractivity contribution in [3.05, 3.63) is 58.9 Å². The van der Waals surface area contributed by atoms with E-state index in [2.05, 4.69) is 10.3 Å². The van der Waals surface area contributed by atoms with Crippen LogP contribution in [0.15, 0.2) is 58.5 Å². The lowest BCUT2D eigenvalue weighted by atomic mass is 10.2. The molecule has 32 heavy (non-hydrogen) atoms. The lowest BCUT2D eigenvalue weighted by Gasteiger charge is -2.31. The number of thioether (sulfide) groups is 1. The van der Waals surface area contributed by atoms with Crippen LogP contribution in [0.3, 0.4) is 0 Å². The number of benzene rings is 2. The average molecular weight is 453 g/mol. The molecule has 0 unspecified atom stereocenters. The molecule has 2 aromatic carbocycles. The van der Waals surface area contributed by atoms with Crippen LogP contribution in [-0.4, -0.2) is 46.9 Å². The summed E-state index contributed by atoms with van der Waals surface area (Å²) in [5.41, 5.74) is 1.65. The lowest BCUT2D eigenvalue weighted by molar-refractivity contribution is -0.121. The Bertz CT molecular complexity index is 1240. The number of hydrogen-bond acceptors (Lipinski definition) is 6. The number of nitrogens with one attached hydrogen (secondary N) is 1. The molecule has 0 bridgehead atoms. The van der Waals surface area contributed by atoms with E-state index in [9.17, 15) is 14.4 Å². The van der Waals surface area contributed by atoms with E-state index >= 15 is 0 Å². The van der Waals surface area contributed by atoms with E-state index in [1.807, 2.05) is 19.1 Å². The summed E-state index contributed by atoms with van der Waals surface area (Å²) >= 11 is 1.20. The maximum atomic E-state index is 13.4. The third-order valence-corrected chi connectivity index (χ3v) is 6.34. The zero-order chi connectivity index (χ0) is 22.8. The van der Waals surface area contributed by atoms with E-state index < -0.39 is 5.25 Å². The molecule has 0 saturated carbocycles. The van der Waals surface area contributed by atoms with Gasteiger partial charge in [0.2, 0.25) is 11.8 Å². The number of anilines is 2. The summed E-state index contributed by atoms with van der Waals surface area (Å²) in [4.78, 5) is 44.9. The van der Waals surface area contributed by atoms with Gasteiger partial charge < -0.3 is 10.1 Å². The minimum Gasteiger partial charge on any atom is -0.383 e. The van der Waals surface area contributed by atoms with Crippen molar-refractivity contribution in [2.24, 2.45) is 0 Å². The molecule has 2 atom stereocenters. The van der Waals surface area contributed by atoms with Crippen molar-refractivity contribution in [2.45, 2.75) is 30.3 Å². The van der Waals surface area contributed by atoms with Gasteiger partial charge in [-0.2, -0.15) is 0 Å². The van der Waals surface area contributed by atoms with Gasteiger partial charge in [0.15, 0.2) is 5.16 Å². The number of aromatic nitrogens is 2. The Kier molecular flexibility index (Phi) is 6.29. The number of ether oxygens (including phenoxy) is 1. The fraction of sp³-hybridized carbons (Fsp3) is 0.304. The molecular formula is C23H24N4O4S. The van der Waals surface area contributed by atoms with Crippen molar-refractivity contribution in [3.63, 3.8) is 0 Å². The first kappa shape index (κ1) is 22.0. The monoisotopic (exact) mass is 452 g/mol. The number of hydrogen-bond donors (Lipinski definition) is 1. The Morgan fingerprint density at radius 1 is 1.16 bits per heavy atom. The highest BCUT2D eigenvalue weighted by atomic mass is 32.2. The molecular weight excluding hydrogens is 428 g/mol. The zero-order valence-corrected chi connectivity index (χ0v) is 18.9. The van der Waals surface area contributed by atoms with E-state index in [0.29, 0.717) is 34.0 Å².